The Labute approximate surface area is 209 Å². The Hall–Kier alpha value is -5.12. The van der Waals surface area contributed by atoms with Crippen molar-refractivity contribution in [2.45, 2.75) is 6.04 Å². The normalized spacial score (nSPS) is 15.2. The number of hydrogen-bond donors (Lipinski definition) is 1. The molecule has 12 nitrogen and oxygen atoms in total. The quantitative estimate of drug-likeness (QED) is 0.292. The largest absolute Gasteiger partial charge is 0.521 e. The first-order valence-electron chi connectivity index (χ1n) is 10.7. The number of azo groups is 2. The number of carbonyl (C=O) groups excluding carboxylic acids is 3. The molecule has 13 heteroatoms. The Morgan fingerprint density at radius 1 is 1.14 bits per heavy atom. The molecule has 4 rings (SSSR count). The number of benzene rings is 2. The molecule has 0 spiro atoms. The fourth-order valence-corrected chi connectivity index (χ4v) is 3.60. The van der Waals surface area contributed by atoms with Crippen LogP contribution in [0.15, 0.2) is 47.7 Å². The average molecular weight is 507 g/mol. The van der Waals surface area contributed by atoms with Gasteiger partial charge in [-0.15, -0.1) is 9.60 Å². The van der Waals surface area contributed by atoms with Crippen LogP contribution >= 0.6 is 0 Å². The molecule has 0 aliphatic carbocycles. The molecule has 0 saturated heterocycles. The van der Waals surface area contributed by atoms with Gasteiger partial charge in [0.25, 0.3) is 11.9 Å². The smallest absolute Gasteiger partial charge is 0.493 e. The van der Waals surface area contributed by atoms with E-state index in [-0.39, 0.29) is 11.4 Å². The SMILES string of the molecule is COc1cc2nccc(Oc3ccc(NC(=O)C4N=[N+](C)C(=O)N(CC#N)C4=O)cc3F)c2cc1OC. The third-order valence-corrected chi connectivity index (χ3v) is 5.40. The summed E-state index contributed by atoms with van der Waals surface area (Å²) in [6.45, 7) is -0.537. The summed E-state index contributed by atoms with van der Waals surface area (Å²) in [5.41, 5.74) is 0.560. The zero-order chi connectivity index (χ0) is 26.7. The van der Waals surface area contributed by atoms with Crippen LogP contribution in [-0.4, -0.2) is 66.3 Å². The summed E-state index contributed by atoms with van der Waals surface area (Å²) in [4.78, 5) is 42.0. The van der Waals surface area contributed by atoms with Gasteiger partial charge in [0.15, 0.2) is 29.6 Å². The average Bonchev–Trinajstić information content (AvgIpc) is 2.89. The second-order valence-electron chi connectivity index (χ2n) is 7.68. The summed E-state index contributed by atoms with van der Waals surface area (Å²) in [5.74, 6) is -1.58. The van der Waals surface area contributed by atoms with E-state index in [1.807, 2.05) is 0 Å². The molecule has 4 amide bonds. The molecule has 0 fully saturated rings. The summed E-state index contributed by atoms with van der Waals surface area (Å²) in [6, 6.07) is 7.80. The Balaban J connectivity index is 1.56. The van der Waals surface area contributed by atoms with E-state index < -0.39 is 36.2 Å². The lowest BCUT2D eigenvalue weighted by molar-refractivity contribution is -0.481. The highest BCUT2D eigenvalue weighted by molar-refractivity contribution is 6.13. The number of pyridine rings is 1. The van der Waals surface area contributed by atoms with Crippen LogP contribution in [-0.2, 0) is 9.59 Å². The number of hydrogen-bond acceptors (Lipinski definition) is 9. The van der Waals surface area contributed by atoms with Crippen molar-refractivity contribution < 1.29 is 37.7 Å². The van der Waals surface area contributed by atoms with Crippen LogP contribution in [0, 0.1) is 17.1 Å². The van der Waals surface area contributed by atoms with Crippen molar-refractivity contribution in [2.75, 3.05) is 33.1 Å². The molecule has 0 saturated carbocycles. The predicted octanol–water partition coefficient (Wildman–Crippen LogP) is 3.07. The van der Waals surface area contributed by atoms with Gasteiger partial charge in [0.05, 0.1) is 19.7 Å². The number of imide groups is 1. The molecule has 2 heterocycles. The highest BCUT2D eigenvalue weighted by atomic mass is 19.1. The summed E-state index contributed by atoms with van der Waals surface area (Å²) in [6.07, 6.45) is 1.50. The van der Waals surface area contributed by atoms with Gasteiger partial charge < -0.3 is 19.5 Å². The number of aromatic nitrogens is 1. The van der Waals surface area contributed by atoms with E-state index in [4.69, 9.17) is 19.5 Å². The van der Waals surface area contributed by atoms with Crippen molar-refractivity contribution in [3.8, 4) is 29.1 Å². The minimum atomic E-state index is -1.62. The van der Waals surface area contributed by atoms with Crippen molar-refractivity contribution in [3.63, 3.8) is 0 Å². The lowest BCUT2D eigenvalue weighted by atomic mass is 10.1. The highest BCUT2D eigenvalue weighted by Gasteiger charge is 2.46. The monoisotopic (exact) mass is 507 g/mol. The standard InChI is InChI=1S/C24H19FN6O6/c1-30-24(34)31(9-7-26)23(33)21(29-30)22(32)28-13-4-5-18(15(25)10-13)37-17-6-8-27-16-12-20(36-3)19(35-2)11-14(16)17/h4-6,8,10-12,21H,9H2,1-3H3/p+1. The first kappa shape index (κ1) is 25.0. The second-order valence-corrected chi connectivity index (χ2v) is 7.68. The van der Waals surface area contributed by atoms with E-state index in [0.717, 1.165) is 10.8 Å². The summed E-state index contributed by atoms with van der Waals surface area (Å²) in [5, 5.41) is 15.6. The van der Waals surface area contributed by atoms with Gasteiger partial charge in [0.1, 0.15) is 18.9 Å². The van der Waals surface area contributed by atoms with Crippen LogP contribution in [0.25, 0.3) is 10.9 Å². The number of urea groups is 1. The number of nitriles is 1. The lowest BCUT2D eigenvalue weighted by Gasteiger charge is -2.19. The van der Waals surface area contributed by atoms with Crippen molar-refractivity contribution in [2.24, 2.45) is 5.11 Å². The van der Waals surface area contributed by atoms with E-state index in [2.05, 4.69) is 15.4 Å². The molecule has 0 bridgehead atoms. The fourth-order valence-electron chi connectivity index (χ4n) is 3.60. The number of rotatable bonds is 7. The number of amides is 4. The molecule has 0 radical (unpaired) electrons. The maximum atomic E-state index is 14.9. The first-order chi connectivity index (χ1) is 17.8. The Morgan fingerprint density at radius 2 is 1.86 bits per heavy atom. The Bertz CT molecular complexity index is 1500. The molecular formula is C24H20FN6O6+. The number of methoxy groups -OCH3 is 2. The van der Waals surface area contributed by atoms with Gasteiger partial charge >= 0.3 is 11.9 Å². The van der Waals surface area contributed by atoms with Gasteiger partial charge in [-0.25, -0.2) is 9.18 Å². The minimum Gasteiger partial charge on any atom is -0.493 e. The van der Waals surface area contributed by atoms with Gasteiger partial charge in [-0.2, -0.15) is 10.1 Å². The molecule has 188 valence electrons. The number of halogens is 1. The highest BCUT2D eigenvalue weighted by Crippen LogP contribution is 2.37. The molecular weight excluding hydrogens is 487 g/mol. The zero-order valence-electron chi connectivity index (χ0n) is 19.9. The number of anilines is 1. The zero-order valence-corrected chi connectivity index (χ0v) is 19.9. The van der Waals surface area contributed by atoms with E-state index in [0.29, 0.717) is 33.1 Å². The van der Waals surface area contributed by atoms with Crippen molar-refractivity contribution >= 4 is 34.4 Å². The van der Waals surface area contributed by atoms with Gasteiger partial charge in [-0.3, -0.25) is 9.78 Å². The summed E-state index contributed by atoms with van der Waals surface area (Å²) in [7, 11) is 4.23. The molecule has 1 aliphatic rings. The van der Waals surface area contributed by atoms with E-state index in [1.54, 1.807) is 24.3 Å². The van der Waals surface area contributed by atoms with Gasteiger partial charge in [0.2, 0.25) is 0 Å². The number of carbonyl (C=O) groups is 3. The van der Waals surface area contributed by atoms with E-state index in [1.165, 1.54) is 39.6 Å². The molecule has 1 atom stereocenters. The molecule has 1 unspecified atom stereocenters. The molecule has 3 aromatic rings. The first-order valence-corrected chi connectivity index (χ1v) is 10.7. The van der Waals surface area contributed by atoms with Crippen LogP contribution in [0.4, 0.5) is 14.9 Å². The van der Waals surface area contributed by atoms with Gasteiger partial charge in [-0.05, 0) is 24.3 Å². The maximum Gasteiger partial charge on any atom is 0.521 e. The maximum absolute atomic E-state index is 14.9. The van der Waals surface area contributed by atoms with Crippen LogP contribution < -0.4 is 19.5 Å². The lowest BCUT2D eigenvalue weighted by Crippen LogP contribution is -2.53. The Kier molecular flexibility index (Phi) is 6.92. The van der Waals surface area contributed by atoms with Crippen molar-refractivity contribution in [3.05, 3.63) is 48.4 Å². The number of nitrogens with zero attached hydrogens (tertiary/aromatic N) is 5. The fraction of sp³-hybridized carbons (Fsp3) is 0.208. The molecule has 37 heavy (non-hydrogen) atoms. The van der Waals surface area contributed by atoms with E-state index in [9.17, 15) is 18.8 Å². The van der Waals surface area contributed by atoms with E-state index >= 15 is 0 Å². The topological polar surface area (TPSA) is 146 Å². The number of ether oxygens (including phenoxy) is 3. The number of fused-ring (bicyclic) bond motifs is 1. The summed E-state index contributed by atoms with van der Waals surface area (Å²) >= 11 is 0. The van der Waals surface area contributed by atoms with Crippen molar-refractivity contribution in [1.29, 1.82) is 5.26 Å². The molecule has 1 aliphatic heterocycles. The molecule has 1 N–H and O–H groups in total. The number of nitrogens with one attached hydrogen (secondary N) is 1. The third kappa shape index (κ3) is 4.85. The summed E-state index contributed by atoms with van der Waals surface area (Å²) < 4.78 is 32.1. The Morgan fingerprint density at radius 3 is 2.54 bits per heavy atom. The van der Waals surface area contributed by atoms with Gasteiger partial charge in [-0.1, -0.05) is 5.11 Å². The minimum absolute atomic E-state index is 0.0234. The molecule has 2 aromatic carbocycles. The van der Waals surface area contributed by atoms with Crippen LogP contribution in [0.3, 0.4) is 0 Å². The molecule has 1 aromatic heterocycles. The predicted molar refractivity (Wildman–Crippen MR) is 125 cm³/mol. The van der Waals surface area contributed by atoms with Crippen LogP contribution in [0.1, 0.15) is 0 Å². The van der Waals surface area contributed by atoms with Crippen molar-refractivity contribution in [1.82, 2.24) is 9.88 Å². The van der Waals surface area contributed by atoms with Crippen LogP contribution in [0.5, 0.6) is 23.0 Å². The van der Waals surface area contributed by atoms with Crippen LogP contribution in [0.2, 0.25) is 0 Å². The third-order valence-electron chi connectivity index (χ3n) is 5.40. The second kappa shape index (κ2) is 10.2. The van der Waals surface area contributed by atoms with Gasteiger partial charge in [0, 0.05) is 29.4 Å².